The van der Waals surface area contributed by atoms with Crippen LogP contribution in [-0.4, -0.2) is 4.98 Å². The van der Waals surface area contributed by atoms with Gasteiger partial charge in [-0.3, -0.25) is 0 Å². The van der Waals surface area contributed by atoms with Gasteiger partial charge in [-0.2, -0.15) is 8.78 Å². The van der Waals surface area contributed by atoms with Crippen molar-refractivity contribution in [3.05, 3.63) is 118 Å². The van der Waals surface area contributed by atoms with Crippen molar-refractivity contribution < 1.29 is 35.5 Å². The number of fused-ring (bicyclic) bond motifs is 1. The van der Waals surface area contributed by atoms with Crippen LogP contribution in [0.25, 0.3) is 33.5 Å². The molecule has 0 saturated heterocycles. The molecule has 5 rings (SSSR count). The number of hydrogen-bond acceptors (Lipinski definition) is 3. The van der Waals surface area contributed by atoms with Crippen LogP contribution in [0.1, 0.15) is 21.7 Å². The third kappa shape index (κ3) is 5.51. The Bertz CT molecular complexity index is 1680. The molecule has 39 heavy (non-hydrogen) atoms. The zero-order chi connectivity index (χ0) is 27.9. The van der Waals surface area contributed by atoms with Gasteiger partial charge in [-0.05, 0) is 47.9 Å². The highest BCUT2D eigenvalue weighted by molar-refractivity contribution is 7.18. The monoisotopic (exact) mass is 559 g/mol. The molecular formula is C29H16F7NOS. The Morgan fingerprint density at radius 2 is 1.36 bits per heavy atom. The second-order valence-corrected chi connectivity index (χ2v) is 9.66. The Hall–Kier alpha value is -4.18. The summed E-state index contributed by atoms with van der Waals surface area (Å²) in [6.07, 6.45) is -0.849. The number of ether oxygens (including phenoxy) is 1. The van der Waals surface area contributed by atoms with Crippen molar-refractivity contribution >= 4 is 33.7 Å². The van der Waals surface area contributed by atoms with Crippen molar-refractivity contribution in [2.75, 3.05) is 0 Å². The van der Waals surface area contributed by atoms with Crippen molar-refractivity contribution in [2.45, 2.75) is 13.0 Å². The molecule has 0 aliphatic carbocycles. The first-order valence-corrected chi connectivity index (χ1v) is 12.2. The molecule has 0 bridgehead atoms. The van der Waals surface area contributed by atoms with E-state index in [0.29, 0.717) is 16.9 Å². The maximum absolute atomic E-state index is 15.0. The normalized spacial score (nSPS) is 12.0. The second kappa shape index (κ2) is 10.2. The first kappa shape index (κ1) is 26.4. The lowest BCUT2D eigenvalue weighted by Crippen LogP contribution is -2.21. The maximum atomic E-state index is 15.0. The Morgan fingerprint density at radius 3 is 2.00 bits per heavy atom. The van der Waals surface area contributed by atoms with Gasteiger partial charge in [0.1, 0.15) is 17.4 Å². The van der Waals surface area contributed by atoms with E-state index in [9.17, 15) is 30.7 Å². The summed E-state index contributed by atoms with van der Waals surface area (Å²) >= 11 is 0.462. The van der Waals surface area contributed by atoms with Crippen molar-refractivity contribution in [3.8, 4) is 16.9 Å². The summed E-state index contributed by atoms with van der Waals surface area (Å²) in [4.78, 5) is 3.78. The quantitative estimate of drug-likeness (QED) is 0.118. The summed E-state index contributed by atoms with van der Waals surface area (Å²) in [5.41, 5.74) is 2.05. The van der Waals surface area contributed by atoms with Gasteiger partial charge in [0.15, 0.2) is 17.5 Å². The molecule has 2 nitrogen and oxygen atoms in total. The Morgan fingerprint density at radius 1 is 0.744 bits per heavy atom. The summed E-state index contributed by atoms with van der Waals surface area (Å²) < 4.78 is 104. The van der Waals surface area contributed by atoms with E-state index in [1.807, 2.05) is 31.2 Å². The molecule has 0 saturated carbocycles. The molecule has 0 spiro atoms. The largest absolute Gasteiger partial charge is 0.454 e. The van der Waals surface area contributed by atoms with Gasteiger partial charge >= 0.3 is 6.11 Å². The van der Waals surface area contributed by atoms with Gasteiger partial charge in [0, 0.05) is 12.1 Å². The molecule has 0 atom stereocenters. The summed E-state index contributed by atoms with van der Waals surface area (Å²) in [6.45, 7) is 1.94. The minimum Gasteiger partial charge on any atom is -0.427 e. The third-order valence-electron chi connectivity index (χ3n) is 5.74. The number of benzene rings is 4. The van der Waals surface area contributed by atoms with Gasteiger partial charge in [-0.25, -0.2) is 26.9 Å². The predicted molar refractivity (Wildman–Crippen MR) is 136 cm³/mol. The zero-order valence-corrected chi connectivity index (χ0v) is 20.7. The van der Waals surface area contributed by atoms with Crippen LogP contribution in [0.15, 0.2) is 66.7 Å². The zero-order valence-electron chi connectivity index (χ0n) is 19.9. The molecule has 0 aliphatic rings. The lowest BCUT2D eigenvalue weighted by molar-refractivity contribution is -0.185. The molecule has 1 aromatic heterocycles. The second-order valence-electron chi connectivity index (χ2n) is 8.62. The predicted octanol–water partition coefficient (Wildman–Crippen LogP) is 9.27. The minimum atomic E-state index is -4.14. The van der Waals surface area contributed by atoms with E-state index in [-0.39, 0.29) is 33.5 Å². The van der Waals surface area contributed by atoms with Crippen molar-refractivity contribution in [2.24, 2.45) is 0 Å². The van der Waals surface area contributed by atoms with Crippen LogP contribution in [-0.2, 0) is 6.11 Å². The number of thiazole rings is 1. The number of aryl methyl sites for hydroxylation is 1. The SMILES string of the molecule is Cc1ccc(/C=C/c2cc(F)c(-c3ccc4nc(C(F)(F)Oc5cc(F)c(F)c(F)c5)sc4c3)c(F)c2)cc1. The van der Waals surface area contributed by atoms with E-state index in [1.165, 1.54) is 18.2 Å². The van der Waals surface area contributed by atoms with Crippen LogP contribution >= 0.6 is 11.3 Å². The molecule has 198 valence electrons. The molecule has 0 fully saturated rings. The molecule has 0 unspecified atom stereocenters. The lowest BCUT2D eigenvalue weighted by atomic mass is 10.0. The van der Waals surface area contributed by atoms with Crippen molar-refractivity contribution in [3.63, 3.8) is 0 Å². The molecule has 5 aromatic rings. The van der Waals surface area contributed by atoms with E-state index in [0.717, 1.165) is 23.3 Å². The third-order valence-corrected chi connectivity index (χ3v) is 6.81. The van der Waals surface area contributed by atoms with Gasteiger partial charge in [-0.15, -0.1) is 11.3 Å². The van der Waals surface area contributed by atoms with Crippen molar-refractivity contribution in [1.29, 1.82) is 0 Å². The van der Waals surface area contributed by atoms with Crippen LogP contribution < -0.4 is 4.74 Å². The Labute approximate surface area is 221 Å². The van der Waals surface area contributed by atoms with E-state index in [4.69, 9.17) is 0 Å². The van der Waals surface area contributed by atoms with E-state index < -0.39 is 46.0 Å². The Kier molecular flexibility index (Phi) is 6.90. The molecule has 0 amide bonds. The van der Waals surface area contributed by atoms with E-state index in [2.05, 4.69) is 9.72 Å². The van der Waals surface area contributed by atoms with E-state index >= 15 is 0 Å². The Balaban J connectivity index is 1.43. The van der Waals surface area contributed by atoms with Crippen LogP contribution in [0.2, 0.25) is 0 Å². The van der Waals surface area contributed by atoms with Crippen LogP contribution in [0.5, 0.6) is 5.75 Å². The van der Waals surface area contributed by atoms with E-state index in [1.54, 1.807) is 12.2 Å². The highest BCUT2D eigenvalue weighted by Crippen LogP contribution is 2.39. The average Bonchev–Trinajstić information content (AvgIpc) is 3.31. The summed E-state index contributed by atoms with van der Waals surface area (Å²) in [5.74, 6) is -7.87. The minimum absolute atomic E-state index is 0.0805. The number of halogens is 7. The average molecular weight is 560 g/mol. The van der Waals surface area contributed by atoms with Crippen LogP contribution in [0.4, 0.5) is 30.7 Å². The highest BCUT2D eigenvalue weighted by Gasteiger charge is 2.39. The topological polar surface area (TPSA) is 22.1 Å². The van der Waals surface area contributed by atoms with Crippen LogP contribution in [0.3, 0.4) is 0 Å². The fraction of sp³-hybridized carbons (Fsp3) is 0.0690. The number of hydrogen-bond donors (Lipinski definition) is 0. The standard InChI is InChI=1S/C29H16F7NOS/c1-15-2-4-16(5-3-15)6-7-17-10-20(30)26(21(31)11-17)18-8-9-24-25(12-18)39-28(37-24)29(35,36)38-19-13-22(32)27(34)23(33)14-19/h2-14H,1H3/b7-6+. The first-order valence-electron chi connectivity index (χ1n) is 11.4. The van der Waals surface area contributed by atoms with Gasteiger partial charge in [0.25, 0.3) is 0 Å². The molecule has 1 heterocycles. The van der Waals surface area contributed by atoms with Crippen molar-refractivity contribution in [1.82, 2.24) is 4.98 Å². The van der Waals surface area contributed by atoms with Gasteiger partial charge in [0.2, 0.25) is 5.01 Å². The molecule has 4 aromatic carbocycles. The molecule has 0 radical (unpaired) electrons. The maximum Gasteiger partial charge on any atom is 0.454 e. The van der Waals surface area contributed by atoms with Gasteiger partial charge < -0.3 is 4.74 Å². The number of rotatable bonds is 6. The smallest absolute Gasteiger partial charge is 0.427 e. The number of nitrogens with zero attached hydrogens (tertiary/aromatic N) is 1. The summed E-state index contributed by atoms with van der Waals surface area (Å²) in [7, 11) is 0. The van der Waals surface area contributed by atoms with Gasteiger partial charge in [0.05, 0.1) is 15.8 Å². The lowest BCUT2D eigenvalue weighted by Gasteiger charge is -2.15. The van der Waals surface area contributed by atoms with Gasteiger partial charge in [-0.1, -0.05) is 48.0 Å². The highest BCUT2D eigenvalue weighted by atomic mass is 32.1. The molecule has 0 aliphatic heterocycles. The van der Waals surface area contributed by atoms with Crippen LogP contribution in [0, 0.1) is 36.0 Å². The summed E-state index contributed by atoms with van der Waals surface area (Å²) in [5, 5.41) is -0.877. The molecule has 0 N–H and O–H groups in total. The number of aromatic nitrogens is 1. The fourth-order valence-corrected chi connectivity index (χ4v) is 4.74. The number of alkyl halides is 2. The summed E-state index contributed by atoms with van der Waals surface area (Å²) in [6, 6.07) is 14.4. The first-order chi connectivity index (χ1) is 18.5. The fourth-order valence-electron chi connectivity index (χ4n) is 3.82. The molecular weight excluding hydrogens is 543 g/mol. The molecule has 10 heteroatoms.